The number of rotatable bonds is 0. The van der Waals surface area contributed by atoms with E-state index in [1.807, 2.05) is 6.92 Å². The Morgan fingerprint density at radius 1 is 1.67 bits per heavy atom. The van der Waals surface area contributed by atoms with Crippen molar-refractivity contribution in [2.24, 2.45) is 5.41 Å². The van der Waals surface area contributed by atoms with Crippen LogP contribution in [0.2, 0.25) is 0 Å². The highest BCUT2D eigenvalue weighted by Gasteiger charge is 2.68. The van der Waals surface area contributed by atoms with E-state index in [4.69, 9.17) is 4.74 Å². The van der Waals surface area contributed by atoms with Gasteiger partial charge in [-0.25, -0.2) is 0 Å². The van der Waals surface area contributed by atoms with Gasteiger partial charge in [0.05, 0.1) is 0 Å². The van der Waals surface area contributed by atoms with Gasteiger partial charge in [0.1, 0.15) is 6.92 Å². The quantitative estimate of drug-likeness (QED) is 0.450. The van der Waals surface area contributed by atoms with Crippen LogP contribution in [0.1, 0.15) is 19.8 Å². The number of ether oxygens (including phenoxy) is 1. The van der Waals surface area contributed by atoms with Crippen LogP contribution in [0, 0.1) is 11.5 Å². The third kappa shape index (κ3) is 0.491. The van der Waals surface area contributed by atoms with Crippen LogP contribution < -0.4 is 0 Å². The summed E-state index contributed by atoms with van der Waals surface area (Å²) in [5.74, 6) is 0.292. The normalized spacial score (nSPS) is 29.9. The summed E-state index contributed by atoms with van der Waals surface area (Å²) in [6.07, 6.45) is 3.00. The van der Waals surface area contributed by atoms with Gasteiger partial charge in [0, 0.05) is 12.8 Å². The van der Waals surface area contributed by atoms with Crippen LogP contribution in [0.5, 0.6) is 0 Å². The van der Waals surface area contributed by atoms with E-state index >= 15 is 0 Å². The second kappa shape index (κ2) is 1.32. The summed E-state index contributed by atoms with van der Waals surface area (Å²) in [5.41, 5.74) is -0.0833. The van der Waals surface area contributed by atoms with Crippen LogP contribution in [-0.2, 0) is 9.53 Å². The molecule has 2 nitrogen and oxygen atoms in total. The summed E-state index contributed by atoms with van der Waals surface area (Å²) in [6.45, 7) is 2.24. The van der Waals surface area contributed by atoms with Crippen LogP contribution in [0.25, 0.3) is 0 Å². The molecule has 0 amide bonds. The van der Waals surface area contributed by atoms with Gasteiger partial charge in [0.15, 0.2) is 6.61 Å². The topological polar surface area (TPSA) is 26.3 Å². The van der Waals surface area contributed by atoms with E-state index < -0.39 is 0 Å². The van der Waals surface area contributed by atoms with Crippen molar-refractivity contribution >= 4 is 5.78 Å². The number of hydrogen-bond acceptors (Lipinski definition) is 2. The smallest absolute Gasteiger partial charge is 0.252 e. The van der Waals surface area contributed by atoms with Crippen molar-refractivity contribution in [1.82, 2.24) is 0 Å². The van der Waals surface area contributed by atoms with E-state index in [0.29, 0.717) is 12.4 Å². The molecule has 1 heterocycles. The van der Waals surface area contributed by atoms with E-state index in [1.165, 1.54) is 0 Å². The van der Waals surface area contributed by atoms with Gasteiger partial charge >= 0.3 is 0 Å². The summed E-state index contributed by atoms with van der Waals surface area (Å²) in [7, 11) is 0. The molecule has 0 radical (unpaired) electrons. The molecule has 1 spiro atoms. The van der Waals surface area contributed by atoms with Crippen LogP contribution in [0.4, 0.5) is 0 Å². The van der Waals surface area contributed by atoms with E-state index in [1.54, 1.807) is 0 Å². The average Bonchev–Trinajstić information content (AvgIpc) is 2.56. The fourth-order valence-electron chi connectivity index (χ4n) is 1.40. The van der Waals surface area contributed by atoms with Crippen LogP contribution in [0.15, 0.2) is 0 Å². The molecule has 0 atom stereocenters. The maximum absolute atomic E-state index is 11.0. The fourth-order valence-corrected chi connectivity index (χ4v) is 1.40. The first-order valence-corrected chi connectivity index (χ1v) is 3.26. The zero-order valence-electron chi connectivity index (χ0n) is 5.44. The van der Waals surface area contributed by atoms with E-state index in [2.05, 4.69) is 0 Å². The van der Waals surface area contributed by atoms with Crippen LogP contribution in [-0.4, -0.2) is 12.4 Å². The maximum Gasteiger partial charge on any atom is 0.252 e. The first kappa shape index (κ1) is 5.30. The summed E-state index contributed by atoms with van der Waals surface area (Å²) in [4.78, 5) is 11.0. The first-order chi connectivity index (χ1) is 4.26. The second-order valence-corrected chi connectivity index (χ2v) is 2.85. The Bertz CT molecular complexity index is 158. The lowest BCUT2D eigenvalue weighted by Gasteiger charge is -1.92. The average molecular weight is 125 g/mol. The summed E-state index contributed by atoms with van der Waals surface area (Å²) >= 11 is 0. The molecule has 2 heteroatoms. The lowest BCUT2D eigenvalue weighted by Crippen LogP contribution is -2.12. The largest absolute Gasteiger partial charge is 0.291 e. The molecule has 0 unspecified atom stereocenters. The molecule has 1 saturated carbocycles. The van der Waals surface area contributed by atoms with Gasteiger partial charge in [0.25, 0.3) is 6.10 Å². The molecule has 2 aliphatic rings. The minimum absolute atomic E-state index is 0.0833. The molecule has 2 fully saturated rings. The summed E-state index contributed by atoms with van der Waals surface area (Å²) < 4.78 is 5.11. The maximum atomic E-state index is 11.0. The predicted molar refractivity (Wildman–Crippen MR) is 31.5 cm³/mol. The van der Waals surface area contributed by atoms with Crippen molar-refractivity contribution in [3.63, 3.8) is 0 Å². The molecule has 0 bridgehead atoms. The number of carbonyl (C=O) groups excluding carboxylic acids is 1. The number of Topliss-reactive ketones (excluding diaryl/α,β-unsaturated/α-hetero) is 1. The molecule has 0 aromatic carbocycles. The van der Waals surface area contributed by atoms with Crippen molar-refractivity contribution < 1.29 is 9.53 Å². The third-order valence-electron chi connectivity index (χ3n) is 2.38. The van der Waals surface area contributed by atoms with E-state index in [-0.39, 0.29) is 5.41 Å². The van der Waals surface area contributed by atoms with Gasteiger partial charge in [-0.05, 0) is 0 Å². The Labute approximate surface area is 54.2 Å². The molecule has 1 saturated heterocycles. The number of hydrogen-bond donors (Lipinski definition) is 0. The molecule has 1 aliphatic carbocycles. The molecule has 0 aromatic heterocycles. The van der Waals surface area contributed by atoms with Gasteiger partial charge in [-0.3, -0.25) is 4.79 Å². The second-order valence-electron chi connectivity index (χ2n) is 2.85. The Balaban J connectivity index is 2.26. The van der Waals surface area contributed by atoms with Crippen molar-refractivity contribution in [1.29, 1.82) is 0 Å². The lowest BCUT2D eigenvalue weighted by atomic mass is 9.99. The van der Waals surface area contributed by atoms with Gasteiger partial charge in [-0.2, -0.15) is 4.74 Å². The summed E-state index contributed by atoms with van der Waals surface area (Å²) in [6, 6.07) is 0. The van der Waals surface area contributed by atoms with Crippen molar-refractivity contribution in [2.45, 2.75) is 19.8 Å². The van der Waals surface area contributed by atoms with Gasteiger partial charge in [-0.15, -0.1) is 0 Å². The van der Waals surface area contributed by atoms with Gasteiger partial charge in [-0.1, -0.05) is 0 Å². The van der Waals surface area contributed by atoms with Gasteiger partial charge < -0.3 is 0 Å². The standard InChI is InChI=1S/C7H9O2/c1-5-7(2-3-7)6(8)4-9-5/h2-4H2,1H3/q+1. The Hall–Kier alpha value is -0.500. The highest BCUT2D eigenvalue weighted by atomic mass is 16.5. The molecule has 9 heavy (non-hydrogen) atoms. The van der Waals surface area contributed by atoms with E-state index in [9.17, 15) is 4.79 Å². The lowest BCUT2D eigenvalue weighted by molar-refractivity contribution is -0.121. The van der Waals surface area contributed by atoms with Crippen LogP contribution >= 0.6 is 0 Å². The minimum atomic E-state index is -0.0833. The highest BCUT2D eigenvalue weighted by molar-refractivity contribution is 5.92. The molecule has 1 aliphatic heterocycles. The highest BCUT2D eigenvalue weighted by Crippen LogP contribution is 2.57. The van der Waals surface area contributed by atoms with Gasteiger partial charge in [0.2, 0.25) is 11.2 Å². The monoisotopic (exact) mass is 125 g/mol. The predicted octanol–water partition coefficient (Wildman–Crippen LogP) is 0.918. The molecule has 2 rings (SSSR count). The Morgan fingerprint density at radius 2 is 2.33 bits per heavy atom. The number of ketones is 1. The van der Waals surface area contributed by atoms with Crippen LogP contribution in [0.3, 0.4) is 0 Å². The third-order valence-corrected chi connectivity index (χ3v) is 2.38. The Kier molecular flexibility index (Phi) is 0.776. The van der Waals surface area contributed by atoms with E-state index in [0.717, 1.165) is 18.9 Å². The molecule has 48 valence electrons. The molecular weight excluding hydrogens is 116 g/mol. The summed E-state index contributed by atoms with van der Waals surface area (Å²) in [5, 5.41) is 0. The minimum Gasteiger partial charge on any atom is -0.291 e. The van der Waals surface area contributed by atoms with Crippen molar-refractivity contribution in [3.05, 3.63) is 6.10 Å². The molecule has 0 aromatic rings. The Morgan fingerprint density at radius 3 is 2.56 bits per heavy atom. The zero-order valence-corrected chi connectivity index (χ0v) is 5.44. The van der Waals surface area contributed by atoms with Crippen molar-refractivity contribution in [2.75, 3.05) is 6.61 Å². The molecule has 0 N–H and O–H groups in total. The molecular formula is C7H9O2+. The fraction of sp³-hybridized carbons (Fsp3) is 0.714. The number of carbonyl (C=O) groups is 1. The zero-order chi connectivity index (χ0) is 6.48. The van der Waals surface area contributed by atoms with Crippen molar-refractivity contribution in [3.8, 4) is 0 Å². The first-order valence-electron chi connectivity index (χ1n) is 3.26. The SMILES string of the molecule is C[C+]1OCC(=O)C12CC2.